The SMILES string of the molecule is C1CC(CCSC2CC2)CCN1. The molecule has 12 heavy (non-hydrogen) atoms. The highest BCUT2D eigenvalue weighted by Crippen LogP contribution is 2.35. The molecule has 1 saturated heterocycles. The molecular weight excluding hydrogens is 166 g/mol. The van der Waals surface area contributed by atoms with Crippen molar-refractivity contribution in [2.45, 2.75) is 37.4 Å². The quantitative estimate of drug-likeness (QED) is 0.721. The highest BCUT2D eigenvalue weighted by atomic mass is 32.2. The Balaban J connectivity index is 1.52. The average Bonchev–Trinajstić information content (AvgIpc) is 2.90. The summed E-state index contributed by atoms with van der Waals surface area (Å²) in [5.74, 6) is 2.47. The summed E-state index contributed by atoms with van der Waals surface area (Å²) < 4.78 is 0. The fourth-order valence-corrected chi connectivity index (χ4v) is 3.08. The molecule has 0 spiro atoms. The van der Waals surface area contributed by atoms with Crippen LogP contribution in [0.5, 0.6) is 0 Å². The Morgan fingerprint density at radius 3 is 2.50 bits per heavy atom. The van der Waals surface area contributed by atoms with Gasteiger partial charge in [-0.3, -0.25) is 0 Å². The average molecular weight is 185 g/mol. The van der Waals surface area contributed by atoms with E-state index in [1.165, 1.54) is 50.9 Å². The smallest absolute Gasteiger partial charge is 0.00478 e. The lowest BCUT2D eigenvalue weighted by molar-refractivity contribution is 0.367. The van der Waals surface area contributed by atoms with Crippen LogP contribution in [0, 0.1) is 5.92 Å². The van der Waals surface area contributed by atoms with Crippen LogP contribution in [0.1, 0.15) is 32.1 Å². The molecule has 1 aliphatic carbocycles. The first-order chi connectivity index (χ1) is 5.95. The summed E-state index contributed by atoms with van der Waals surface area (Å²) in [6.45, 7) is 2.53. The number of rotatable bonds is 4. The zero-order chi connectivity index (χ0) is 8.23. The van der Waals surface area contributed by atoms with Crippen LogP contribution in [0.15, 0.2) is 0 Å². The van der Waals surface area contributed by atoms with Crippen LogP contribution in [0.2, 0.25) is 0 Å². The van der Waals surface area contributed by atoms with E-state index in [1.807, 2.05) is 0 Å². The van der Waals surface area contributed by atoms with E-state index in [-0.39, 0.29) is 0 Å². The zero-order valence-corrected chi connectivity index (χ0v) is 8.54. The molecule has 1 saturated carbocycles. The Hall–Kier alpha value is 0.310. The molecule has 1 heterocycles. The van der Waals surface area contributed by atoms with Gasteiger partial charge in [0, 0.05) is 5.25 Å². The van der Waals surface area contributed by atoms with Crippen molar-refractivity contribution >= 4 is 11.8 Å². The third kappa shape index (κ3) is 2.98. The van der Waals surface area contributed by atoms with Gasteiger partial charge in [-0.15, -0.1) is 0 Å². The number of hydrogen-bond donors (Lipinski definition) is 1. The molecule has 0 atom stereocenters. The topological polar surface area (TPSA) is 12.0 Å². The number of nitrogens with one attached hydrogen (secondary N) is 1. The third-order valence-corrected chi connectivity index (χ3v) is 4.28. The van der Waals surface area contributed by atoms with E-state index < -0.39 is 0 Å². The van der Waals surface area contributed by atoms with E-state index in [4.69, 9.17) is 0 Å². The molecule has 0 aromatic heterocycles. The molecule has 1 N–H and O–H groups in total. The van der Waals surface area contributed by atoms with Crippen molar-refractivity contribution in [2.24, 2.45) is 5.92 Å². The molecule has 1 nitrogen and oxygen atoms in total. The Kier molecular flexibility index (Phi) is 3.35. The number of hydrogen-bond acceptors (Lipinski definition) is 2. The van der Waals surface area contributed by atoms with Crippen molar-refractivity contribution < 1.29 is 0 Å². The summed E-state index contributed by atoms with van der Waals surface area (Å²) in [4.78, 5) is 0. The highest BCUT2D eigenvalue weighted by molar-refractivity contribution is 8.00. The van der Waals surface area contributed by atoms with Gasteiger partial charge in [0.2, 0.25) is 0 Å². The van der Waals surface area contributed by atoms with Crippen LogP contribution in [0.25, 0.3) is 0 Å². The fourth-order valence-electron chi connectivity index (χ4n) is 1.81. The van der Waals surface area contributed by atoms with Gasteiger partial charge in [-0.05, 0) is 56.9 Å². The van der Waals surface area contributed by atoms with E-state index in [2.05, 4.69) is 17.1 Å². The van der Waals surface area contributed by atoms with E-state index in [0.29, 0.717) is 0 Å². The molecule has 2 rings (SSSR count). The van der Waals surface area contributed by atoms with Crippen molar-refractivity contribution in [3.63, 3.8) is 0 Å². The van der Waals surface area contributed by atoms with Gasteiger partial charge >= 0.3 is 0 Å². The maximum atomic E-state index is 3.42. The minimum atomic E-state index is 1.04. The Morgan fingerprint density at radius 1 is 1.08 bits per heavy atom. The molecule has 2 fully saturated rings. The fraction of sp³-hybridized carbons (Fsp3) is 1.00. The minimum absolute atomic E-state index is 1.04. The first-order valence-electron chi connectivity index (χ1n) is 5.27. The molecule has 70 valence electrons. The van der Waals surface area contributed by atoms with E-state index >= 15 is 0 Å². The van der Waals surface area contributed by atoms with E-state index in [9.17, 15) is 0 Å². The van der Waals surface area contributed by atoms with E-state index in [0.717, 1.165) is 11.2 Å². The van der Waals surface area contributed by atoms with Crippen molar-refractivity contribution in [1.82, 2.24) is 5.32 Å². The van der Waals surface area contributed by atoms with E-state index in [1.54, 1.807) is 0 Å². The van der Waals surface area contributed by atoms with Gasteiger partial charge in [-0.2, -0.15) is 11.8 Å². The first-order valence-corrected chi connectivity index (χ1v) is 6.32. The molecule has 0 amide bonds. The molecule has 0 radical (unpaired) electrons. The first kappa shape index (κ1) is 8.89. The van der Waals surface area contributed by atoms with Crippen molar-refractivity contribution in [3.8, 4) is 0 Å². The van der Waals surface area contributed by atoms with Crippen molar-refractivity contribution in [2.75, 3.05) is 18.8 Å². The minimum Gasteiger partial charge on any atom is -0.317 e. The van der Waals surface area contributed by atoms with Crippen LogP contribution in [0.3, 0.4) is 0 Å². The number of piperidine rings is 1. The molecule has 2 heteroatoms. The molecular formula is C10H19NS. The van der Waals surface area contributed by atoms with Gasteiger partial charge < -0.3 is 5.32 Å². The van der Waals surface area contributed by atoms with Crippen LogP contribution in [-0.2, 0) is 0 Å². The second-order valence-corrected chi connectivity index (χ2v) is 5.46. The third-order valence-electron chi connectivity index (χ3n) is 2.86. The summed E-state index contributed by atoms with van der Waals surface area (Å²) in [5.41, 5.74) is 0. The molecule has 0 bridgehead atoms. The summed E-state index contributed by atoms with van der Waals surface area (Å²) >= 11 is 2.22. The van der Waals surface area contributed by atoms with Gasteiger partial charge in [0.15, 0.2) is 0 Å². The summed E-state index contributed by atoms with van der Waals surface area (Å²) in [5, 5.41) is 4.48. The van der Waals surface area contributed by atoms with Crippen LogP contribution in [0.4, 0.5) is 0 Å². The molecule has 1 aliphatic heterocycles. The Morgan fingerprint density at radius 2 is 1.83 bits per heavy atom. The predicted octanol–water partition coefficient (Wildman–Crippen LogP) is 2.27. The largest absolute Gasteiger partial charge is 0.317 e. The van der Waals surface area contributed by atoms with Crippen molar-refractivity contribution in [3.05, 3.63) is 0 Å². The molecule has 0 aromatic carbocycles. The lowest BCUT2D eigenvalue weighted by Gasteiger charge is -2.22. The summed E-state index contributed by atoms with van der Waals surface area (Å²) in [7, 11) is 0. The lowest BCUT2D eigenvalue weighted by atomic mass is 9.96. The van der Waals surface area contributed by atoms with Crippen LogP contribution < -0.4 is 5.32 Å². The van der Waals surface area contributed by atoms with Gasteiger partial charge in [0.1, 0.15) is 0 Å². The highest BCUT2D eigenvalue weighted by Gasteiger charge is 2.22. The lowest BCUT2D eigenvalue weighted by Crippen LogP contribution is -2.27. The van der Waals surface area contributed by atoms with Gasteiger partial charge in [0.05, 0.1) is 0 Å². The van der Waals surface area contributed by atoms with Gasteiger partial charge in [0.25, 0.3) is 0 Å². The van der Waals surface area contributed by atoms with Gasteiger partial charge in [-0.1, -0.05) is 0 Å². The van der Waals surface area contributed by atoms with Crippen molar-refractivity contribution in [1.29, 1.82) is 0 Å². The molecule has 0 aromatic rings. The number of thioether (sulfide) groups is 1. The standard InChI is InChI=1S/C10H19NS/c1-2-10(1)12-8-5-9-3-6-11-7-4-9/h9-11H,1-8H2. The monoisotopic (exact) mass is 185 g/mol. The zero-order valence-electron chi connectivity index (χ0n) is 7.72. The second kappa shape index (κ2) is 4.52. The molecule has 2 aliphatic rings. The normalized spacial score (nSPS) is 26.0. The Bertz CT molecular complexity index is 128. The maximum absolute atomic E-state index is 3.42. The van der Waals surface area contributed by atoms with Crippen LogP contribution in [-0.4, -0.2) is 24.1 Å². The van der Waals surface area contributed by atoms with Crippen LogP contribution >= 0.6 is 11.8 Å². The second-order valence-electron chi connectivity index (χ2n) is 4.05. The summed E-state index contributed by atoms with van der Waals surface area (Å²) in [6, 6.07) is 0. The predicted molar refractivity (Wildman–Crippen MR) is 55.7 cm³/mol. The summed E-state index contributed by atoms with van der Waals surface area (Å²) in [6.07, 6.45) is 7.31. The molecule has 0 unspecified atom stereocenters. The Labute approximate surface area is 79.7 Å². The maximum Gasteiger partial charge on any atom is 0.00478 e. The van der Waals surface area contributed by atoms with Gasteiger partial charge in [-0.25, -0.2) is 0 Å².